The van der Waals surface area contributed by atoms with E-state index in [0.717, 1.165) is 18.7 Å². The van der Waals surface area contributed by atoms with Gasteiger partial charge in [0.25, 0.3) is 0 Å². The lowest BCUT2D eigenvalue weighted by Gasteiger charge is -2.25. The number of aryl methyl sites for hydroxylation is 1. The van der Waals surface area contributed by atoms with Gasteiger partial charge in [0.1, 0.15) is 5.76 Å². The van der Waals surface area contributed by atoms with Crippen LogP contribution in [0.4, 0.5) is 0 Å². The van der Waals surface area contributed by atoms with Crippen molar-refractivity contribution in [2.24, 2.45) is 11.7 Å². The molecule has 1 aliphatic rings. The second-order valence-corrected chi connectivity index (χ2v) is 3.92. The topological polar surface area (TPSA) is 52.0 Å². The molecule has 2 atom stereocenters. The summed E-state index contributed by atoms with van der Waals surface area (Å²) in [7, 11) is 0. The number of fused-ring (bicyclic) bond motifs is 1. The summed E-state index contributed by atoms with van der Waals surface area (Å²) in [5.41, 5.74) is 6.97. The van der Waals surface area contributed by atoms with Gasteiger partial charge in [-0.1, -0.05) is 12.1 Å². The van der Waals surface area contributed by atoms with Crippen molar-refractivity contribution in [3.8, 4) is 0 Å². The lowest BCUT2D eigenvalue weighted by molar-refractivity contribution is 0.345. The van der Waals surface area contributed by atoms with Crippen molar-refractivity contribution in [1.29, 1.82) is 0 Å². The van der Waals surface area contributed by atoms with Crippen LogP contribution in [0.25, 0.3) is 0 Å². The van der Waals surface area contributed by atoms with Gasteiger partial charge in [-0.2, -0.15) is 0 Å². The van der Waals surface area contributed by atoms with Gasteiger partial charge in [-0.3, -0.25) is 0 Å². The molecule has 1 aromatic rings. The molecule has 0 radical (unpaired) electrons. The maximum Gasteiger partial charge on any atom is 0.140 e. The van der Waals surface area contributed by atoms with E-state index in [1.165, 1.54) is 18.4 Å². The van der Waals surface area contributed by atoms with Crippen LogP contribution in [0.15, 0.2) is 10.7 Å². The monoisotopic (exact) mass is 180 g/mol. The smallest absolute Gasteiger partial charge is 0.140 e. The molecule has 0 amide bonds. The predicted octanol–water partition coefficient (Wildman–Crippen LogP) is 1.69. The van der Waals surface area contributed by atoms with E-state index >= 15 is 0 Å². The minimum atomic E-state index is 0.540. The Labute approximate surface area is 78.3 Å². The number of hydrogen-bond acceptors (Lipinski definition) is 3. The van der Waals surface area contributed by atoms with Crippen LogP contribution in [0.3, 0.4) is 0 Å². The van der Waals surface area contributed by atoms with E-state index in [2.05, 4.69) is 12.1 Å². The Bertz CT molecular complexity index is 282. The first-order valence-corrected chi connectivity index (χ1v) is 4.96. The third kappa shape index (κ3) is 1.48. The third-order valence-corrected chi connectivity index (χ3v) is 3.05. The van der Waals surface area contributed by atoms with Crippen molar-refractivity contribution < 1.29 is 4.52 Å². The first kappa shape index (κ1) is 8.75. The van der Waals surface area contributed by atoms with Crippen molar-refractivity contribution in [2.45, 2.75) is 32.1 Å². The molecule has 0 aromatic carbocycles. The van der Waals surface area contributed by atoms with Gasteiger partial charge in [0.2, 0.25) is 0 Å². The molecule has 0 saturated carbocycles. The molecule has 2 unspecified atom stereocenters. The summed E-state index contributed by atoms with van der Waals surface area (Å²) in [6, 6.07) is 0. The fourth-order valence-electron chi connectivity index (χ4n) is 2.16. The van der Waals surface area contributed by atoms with Crippen molar-refractivity contribution in [2.75, 3.05) is 6.54 Å². The summed E-state index contributed by atoms with van der Waals surface area (Å²) in [5, 5.41) is 3.85. The SMILES string of the molecule is CC(CN)C1CCCc2oncc21. The highest BCUT2D eigenvalue weighted by Gasteiger charge is 2.27. The van der Waals surface area contributed by atoms with Gasteiger partial charge in [0, 0.05) is 12.0 Å². The normalized spacial score (nSPS) is 24.0. The molecule has 1 aromatic heterocycles. The molecule has 72 valence electrons. The molecule has 3 heteroatoms. The lowest BCUT2D eigenvalue weighted by Crippen LogP contribution is -2.21. The molecular weight excluding hydrogens is 164 g/mol. The second-order valence-electron chi connectivity index (χ2n) is 3.92. The first-order chi connectivity index (χ1) is 6.33. The van der Waals surface area contributed by atoms with Gasteiger partial charge in [-0.25, -0.2) is 0 Å². The maximum absolute atomic E-state index is 5.68. The largest absolute Gasteiger partial charge is 0.361 e. The van der Waals surface area contributed by atoms with Gasteiger partial charge in [0.05, 0.1) is 6.20 Å². The van der Waals surface area contributed by atoms with Crippen molar-refractivity contribution in [3.05, 3.63) is 17.5 Å². The van der Waals surface area contributed by atoms with Crippen molar-refractivity contribution in [1.82, 2.24) is 5.16 Å². The van der Waals surface area contributed by atoms with Crippen LogP contribution in [-0.2, 0) is 6.42 Å². The van der Waals surface area contributed by atoms with Gasteiger partial charge < -0.3 is 10.3 Å². The summed E-state index contributed by atoms with van der Waals surface area (Å²) >= 11 is 0. The number of nitrogens with zero attached hydrogens (tertiary/aromatic N) is 1. The predicted molar refractivity (Wildman–Crippen MR) is 50.4 cm³/mol. The molecule has 2 rings (SSSR count). The molecule has 1 aliphatic carbocycles. The lowest BCUT2D eigenvalue weighted by atomic mass is 9.79. The van der Waals surface area contributed by atoms with E-state index in [9.17, 15) is 0 Å². The fraction of sp³-hybridized carbons (Fsp3) is 0.700. The van der Waals surface area contributed by atoms with Crippen LogP contribution in [0.1, 0.15) is 37.0 Å². The Morgan fingerprint density at radius 1 is 1.77 bits per heavy atom. The zero-order valence-corrected chi connectivity index (χ0v) is 7.99. The number of rotatable bonds is 2. The molecule has 3 nitrogen and oxygen atoms in total. The Balaban J connectivity index is 2.24. The zero-order chi connectivity index (χ0) is 9.26. The Morgan fingerprint density at radius 3 is 3.38 bits per heavy atom. The second kappa shape index (κ2) is 3.50. The molecule has 0 saturated heterocycles. The van der Waals surface area contributed by atoms with Crippen LogP contribution in [0.5, 0.6) is 0 Å². The summed E-state index contributed by atoms with van der Waals surface area (Å²) in [4.78, 5) is 0. The van der Waals surface area contributed by atoms with Crippen molar-refractivity contribution >= 4 is 0 Å². The number of nitrogens with two attached hydrogens (primary N) is 1. The fourth-order valence-corrected chi connectivity index (χ4v) is 2.16. The van der Waals surface area contributed by atoms with Crippen LogP contribution in [0, 0.1) is 5.92 Å². The third-order valence-electron chi connectivity index (χ3n) is 3.05. The van der Waals surface area contributed by atoms with E-state index in [1.54, 1.807) is 0 Å². The summed E-state index contributed by atoms with van der Waals surface area (Å²) < 4.78 is 5.19. The molecule has 13 heavy (non-hydrogen) atoms. The molecule has 1 heterocycles. The van der Waals surface area contributed by atoms with Gasteiger partial charge in [-0.05, 0) is 31.2 Å². The van der Waals surface area contributed by atoms with E-state index in [4.69, 9.17) is 10.3 Å². The maximum atomic E-state index is 5.68. The van der Waals surface area contributed by atoms with E-state index in [1.807, 2.05) is 6.20 Å². The van der Waals surface area contributed by atoms with E-state index in [0.29, 0.717) is 11.8 Å². The highest BCUT2D eigenvalue weighted by atomic mass is 16.5. The molecule has 2 N–H and O–H groups in total. The highest BCUT2D eigenvalue weighted by molar-refractivity contribution is 5.22. The minimum absolute atomic E-state index is 0.540. The quantitative estimate of drug-likeness (QED) is 0.753. The van der Waals surface area contributed by atoms with Gasteiger partial charge in [-0.15, -0.1) is 0 Å². The average Bonchev–Trinajstić information content (AvgIpc) is 2.63. The summed E-state index contributed by atoms with van der Waals surface area (Å²) in [6.45, 7) is 2.95. The van der Waals surface area contributed by atoms with Crippen LogP contribution < -0.4 is 5.73 Å². The molecule has 0 spiro atoms. The first-order valence-electron chi connectivity index (χ1n) is 4.96. The standard InChI is InChI=1S/C10H16N2O/c1-7(5-11)8-3-2-4-10-9(8)6-12-13-10/h6-8H,2-5,11H2,1H3. The number of hydrogen-bond donors (Lipinski definition) is 1. The Kier molecular flexibility index (Phi) is 2.36. The van der Waals surface area contributed by atoms with Gasteiger partial charge >= 0.3 is 0 Å². The molecule has 0 aliphatic heterocycles. The zero-order valence-electron chi connectivity index (χ0n) is 7.99. The van der Waals surface area contributed by atoms with Crippen LogP contribution in [-0.4, -0.2) is 11.7 Å². The van der Waals surface area contributed by atoms with Gasteiger partial charge in [0.15, 0.2) is 0 Å². The Morgan fingerprint density at radius 2 is 2.62 bits per heavy atom. The Hall–Kier alpha value is -0.830. The van der Waals surface area contributed by atoms with Crippen molar-refractivity contribution in [3.63, 3.8) is 0 Å². The summed E-state index contributed by atoms with van der Waals surface area (Å²) in [6.07, 6.45) is 5.35. The summed E-state index contributed by atoms with van der Waals surface area (Å²) in [5.74, 6) is 2.19. The van der Waals surface area contributed by atoms with Crippen LogP contribution >= 0.6 is 0 Å². The minimum Gasteiger partial charge on any atom is -0.361 e. The van der Waals surface area contributed by atoms with E-state index in [-0.39, 0.29) is 0 Å². The molecular formula is C10H16N2O. The van der Waals surface area contributed by atoms with Crippen LogP contribution in [0.2, 0.25) is 0 Å². The molecule has 0 bridgehead atoms. The highest BCUT2D eigenvalue weighted by Crippen LogP contribution is 2.36. The molecule has 0 fully saturated rings. The average molecular weight is 180 g/mol. The van der Waals surface area contributed by atoms with E-state index < -0.39 is 0 Å². The number of aromatic nitrogens is 1.